The average Bonchev–Trinajstić information content (AvgIpc) is 2.27. The van der Waals surface area contributed by atoms with Crippen molar-refractivity contribution >= 4 is 15.9 Å². The molecule has 1 N–H and O–H groups in total. The van der Waals surface area contributed by atoms with Crippen molar-refractivity contribution in [3.8, 4) is 0 Å². The Morgan fingerprint density at radius 1 is 1.22 bits per heavy atom. The summed E-state index contributed by atoms with van der Waals surface area (Å²) in [6.07, 6.45) is -0.00727. The summed E-state index contributed by atoms with van der Waals surface area (Å²) >= 11 is 3.41. The van der Waals surface area contributed by atoms with E-state index in [2.05, 4.69) is 36.7 Å². The lowest BCUT2D eigenvalue weighted by molar-refractivity contribution is -0.0873. The number of rotatable bonds is 5. The summed E-state index contributed by atoms with van der Waals surface area (Å²) < 4.78 is 6.76. The summed E-state index contributed by atoms with van der Waals surface area (Å²) in [6, 6.07) is 8.04. The highest BCUT2D eigenvalue weighted by Crippen LogP contribution is 2.27. The van der Waals surface area contributed by atoms with Crippen LogP contribution in [0, 0.1) is 5.41 Å². The average molecular weight is 315 g/mol. The molecular weight excluding hydrogens is 292 g/mol. The Bertz CT molecular complexity index is 354. The number of hydrogen-bond donors (Lipinski definition) is 1. The van der Waals surface area contributed by atoms with Gasteiger partial charge in [0.05, 0.1) is 12.2 Å². The normalized spacial score (nSPS) is 15.4. The van der Waals surface area contributed by atoms with Gasteiger partial charge < -0.3 is 9.84 Å². The van der Waals surface area contributed by atoms with Gasteiger partial charge in [0.15, 0.2) is 0 Å². The van der Waals surface area contributed by atoms with Crippen LogP contribution in [0.3, 0.4) is 0 Å². The van der Waals surface area contributed by atoms with Crippen molar-refractivity contribution in [1.82, 2.24) is 0 Å². The molecule has 0 bridgehead atoms. The quantitative estimate of drug-likeness (QED) is 0.895. The molecule has 0 saturated heterocycles. The van der Waals surface area contributed by atoms with Crippen LogP contribution in [-0.4, -0.2) is 23.9 Å². The van der Waals surface area contributed by atoms with Gasteiger partial charge >= 0.3 is 0 Å². The van der Waals surface area contributed by atoms with Crippen LogP contribution in [0.25, 0.3) is 0 Å². The number of halogens is 1. The van der Waals surface area contributed by atoms with Gasteiger partial charge in [-0.05, 0) is 30.0 Å². The van der Waals surface area contributed by atoms with E-state index in [1.807, 2.05) is 31.2 Å². The molecule has 0 fully saturated rings. The highest BCUT2D eigenvalue weighted by atomic mass is 79.9. The number of benzene rings is 1. The first kappa shape index (κ1) is 15.7. The highest BCUT2D eigenvalue weighted by Gasteiger charge is 2.31. The summed E-state index contributed by atoms with van der Waals surface area (Å²) in [5, 5.41) is 10.4. The Morgan fingerprint density at radius 3 is 2.22 bits per heavy atom. The van der Waals surface area contributed by atoms with Crippen molar-refractivity contribution in [2.45, 2.75) is 46.3 Å². The Labute approximate surface area is 118 Å². The molecular formula is C15H23BrO2. The van der Waals surface area contributed by atoms with Crippen LogP contribution in [0.4, 0.5) is 0 Å². The van der Waals surface area contributed by atoms with Gasteiger partial charge in [-0.25, -0.2) is 0 Å². The van der Waals surface area contributed by atoms with Gasteiger partial charge in [0.1, 0.15) is 0 Å². The van der Waals surface area contributed by atoms with Crippen LogP contribution < -0.4 is 0 Å². The maximum absolute atomic E-state index is 10.4. The summed E-state index contributed by atoms with van der Waals surface area (Å²) in [6.45, 7) is 8.87. The van der Waals surface area contributed by atoms with E-state index in [0.29, 0.717) is 13.0 Å². The van der Waals surface area contributed by atoms with Crippen molar-refractivity contribution in [2.75, 3.05) is 6.61 Å². The zero-order chi connectivity index (χ0) is 13.8. The van der Waals surface area contributed by atoms with Crippen molar-refractivity contribution in [3.05, 3.63) is 34.3 Å². The van der Waals surface area contributed by atoms with E-state index in [1.165, 1.54) is 0 Å². The number of aliphatic hydroxyl groups excluding tert-OH is 1. The third-order valence-electron chi connectivity index (χ3n) is 2.91. The second kappa shape index (κ2) is 6.69. The first-order chi connectivity index (χ1) is 8.34. The lowest BCUT2D eigenvalue weighted by Crippen LogP contribution is -2.41. The molecule has 0 spiro atoms. The number of aliphatic hydroxyl groups is 1. The molecule has 2 nitrogen and oxygen atoms in total. The SMILES string of the molecule is CCOC(C(O)Cc1ccc(Br)cc1)C(C)(C)C. The van der Waals surface area contributed by atoms with Gasteiger partial charge in [-0.3, -0.25) is 0 Å². The van der Waals surface area contributed by atoms with Gasteiger partial charge in [0.25, 0.3) is 0 Å². The summed E-state index contributed by atoms with van der Waals surface area (Å²) in [5.74, 6) is 0. The first-order valence-corrected chi connectivity index (χ1v) is 7.18. The highest BCUT2D eigenvalue weighted by molar-refractivity contribution is 9.10. The molecule has 0 aliphatic heterocycles. The lowest BCUT2D eigenvalue weighted by atomic mass is 9.83. The molecule has 0 aliphatic carbocycles. The number of ether oxygens (including phenoxy) is 1. The van der Waals surface area contributed by atoms with Gasteiger partial charge in [-0.2, -0.15) is 0 Å². The van der Waals surface area contributed by atoms with Crippen LogP contribution in [-0.2, 0) is 11.2 Å². The second-order valence-corrected chi connectivity index (χ2v) is 6.56. The van der Waals surface area contributed by atoms with E-state index in [4.69, 9.17) is 4.74 Å². The first-order valence-electron chi connectivity index (χ1n) is 6.38. The molecule has 2 unspecified atom stereocenters. The zero-order valence-corrected chi connectivity index (χ0v) is 13.2. The molecule has 0 saturated carbocycles. The Kier molecular flexibility index (Phi) is 5.83. The van der Waals surface area contributed by atoms with Crippen LogP contribution in [0.5, 0.6) is 0 Å². The fourth-order valence-corrected chi connectivity index (χ4v) is 2.35. The largest absolute Gasteiger partial charge is 0.390 e. The van der Waals surface area contributed by atoms with E-state index < -0.39 is 6.10 Å². The van der Waals surface area contributed by atoms with Crippen LogP contribution in [0.2, 0.25) is 0 Å². The van der Waals surface area contributed by atoms with Gasteiger partial charge in [0.2, 0.25) is 0 Å². The van der Waals surface area contributed by atoms with Gasteiger partial charge in [-0.1, -0.05) is 48.8 Å². The summed E-state index contributed by atoms with van der Waals surface area (Å²) in [5.41, 5.74) is 1.06. The fraction of sp³-hybridized carbons (Fsp3) is 0.600. The maximum Gasteiger partial charge on any atom is 0.0885 e. The predicted octanol–water partition coefficient (Wildman–Crippen LogP) is 3.80. The standard InChI is InChI=1S/C15H23BrO2/c1-5-18-14(15(2,3)4)13(17)10-11-6-8-12(16)9-7-11/h6-9,13-14,17H,5,10H2,1-4H3. The molecule has 2 atom stereocenters. The third kappa shape index (κ3) is 4.71. The van der Waals surface area contributed by atoms with E-state index in [-0.39, 0.29) is 11.5 Å². The maximum atomic E-state index is 10.4. The molecule has 0 radical (unpaired) electrons. The smallest absolute Gasteiger partial charge is 0.0885 e. The third-order valence-corrected chi connectivity index (χ3v) is 3.44. The number of hydrogen-bond acceptors (Lipinski definition) is 2. The van der Waals surface area contributed by atoms with Crippen molar-refractivity contribution in [1.29, 1.82) is 0 Å². The van der Waals surface area contributed by atoms with E-state index >= 15 is 0 Å². The molecule has 1 aromatic rings. The minimum atomic E-state index is -0.480. The van der Waals surface area contributed by atoms with Gasteiger partial charge in [-0.15, -0.1) is 0 Å². The van der Waals surface area contributed by atoms with E-state index in [1.54, 1.807) is 0 Å². The summed E-state index contributed by atoms with van der Waals surface area (Å²) in [7, 11) is 0. The molecule has 0 aromatic heterocycles. The predicted molar refractivity (Wildman–Crippen MR) is 78.7 cm³/mol. The van der Waals surface area contributed by atoms with Crippen molar-refractivity contribution in [3.63, 3.8) is 0 Å². The van der Waals surface area contributed by atoms with Crippen LogP contribution in [0.15, 0.2) is 28.7 Å². The van der Waals surface area contributed by atoms with E-state index in [9.17, 15) is 5.11 Å². The minimum Gasteiger partial charge on any atom is -0.390 e. The second-order valence-electron chi connectivity index (χ2n) is 5.64. The lowest BCUT2D eigenvalue weighted by Gasteiger charge is -2.34. The minimum absolute atomic E-state index is 0.0647. The monoisotopic (exact) mass is 314 g/mol. The van der Waals surface area contributed by atoms with Crippen molar-refractivity contribution in [2.24, 2.45) is 5.41 Å². The molecule has 0 amide bonds. The van der Waals surface area contributed by atoms with Crippen molar-refractivity contribution < 1.29 is 9.84 Å². The fourth-order valence-electron chi connectivity index (χ4n) is 2.09. The van der Waals surface area contributed by atoms with Crippen LogP contribution >= 0.6 is 15.9 Å². The molecule has 1 aromatic carbocycles. The topological polar surface area (TPSA) is 29.5 Å². The zero-order valence-electron chi connectivity index (χ0n) is 11.6. The molecule has 0 heterocycles. The molecule has 0 aliphatic rings. The molecule has 3 heteroatoms. The Hall–Kier alpha value is -0.380. The molecule has 1 rings (SSSR count). The van der Waals surface area contributed by atoms with E-state index in [0.717, 1.165) is 10.0 Å². The molecule has 18 heavy (non-hydrogen) atoms. The molecule has 102 valence electrons. The Balaban J connectivity index is 2.72. The van der Waals surface area contributed by atoms with Gasteiger partial charge in [0, 0.05) is 17.5 Å². The Morgan fingerprint density at radius 2 is 1.78 bits per heavy atom. The van der Waals surface area contributed by atoms with Crippen LogP contribution in [0.1, 0.15) is 33.3 Å². The summed E-state index contributed by atoms with van der Waals surface area (Å²) in [4.78, 5) is 0.